The molecule has 5 nitrogen and oxygen atoms in total. The van der Waals surface area contributed by atoms with Gasteiger partial charge in [0.2, 0.25) is 15.9 Å². The van der Waals surface area contributed by atoms with Gasteiger partial charge in [-0.3, -0.25) is 4.79 Å². The van der Waals surface area contributed by atoms with E-state index in [9.17, 15) is 13.2 Å². The van der Waals surface area contributed by atoms with Gasteiger partial charge in [-0.1, -0.05) is 26.8 Å². The van der Waals surface area contributed by atoms with Crippen LogP contribution in [0.1, 0.15) is 51.2 Å². The number of carbonyl (C=O) groups excluding carboxylic acids is 1. The van der Waals surface area contributed by atoms with Crippen LogP contribution < -0.4 is 0 Å². The number of benzene rings is 1. The molecule has 1 amide bonds. The van der Waals surface area contributed by atoms with Crippen molar-refractivity contribution in [1.29, 1.82) is 0 Å². The summed E-state index contributed by atoms with van der Waals surface area (Å²) in [6.45, 7) is 8.61. The van der Waals surface area contributed by atoms with E-state index in [1.165, 1.54) is 0 Å². The van der Waals surface area contributed by atoms with Crippen LogP contribution in [0.4, 0.5) is 0 Å². The van der Waals surface area contributed by atoms with Crippen molar-refractivity contribution in [3.63, 3.8) is 0 Å². The standard InChI is InChI=1S/C19H28N2O3S/c1-19(2,3)13-18(22)20-11-8-15-6-7-17(12-16(15)14-20)25(23,24)21-9-4-5-10-21/h6-7,12H,4-5,8-11,13-14H2,1-3H3. The van der Waals surface area contributed by atoms with Crippen LogP contribution in [-0.4, -0.2) is 43.2 Å². The second kappa shape index (κ2) is 6.72. The second-order valence-corrected chi connectivity index (χ2v) is 10.3. The fourth-order valence-electron chi connectivity index (χ4n) is 3.55. The highest BCUT2D eigenvalue weighted by molar-refractivity contribution is 7.89. The van der Waals surface area contributed by atoms with Gasteiger partial charge in [-0.25, -0.2) is 8.42 Å². The summed E-state index contributed by atoms with van der Waals surface area (Å²) in [4.78, 5) is 14.7. The zero-order valence-corrected chi connectivity index (χ0v) is 16.2. The first-order valence-electron chi connectivity index (χ1n) is 9.06. The van der Waals surface area contributed by atoms with Gasteiger partial charge in [0.25, 0.3) is 0 Å². The minimum absolute atomic E-state index is 0.0434. The summed E-state index contributed by atoms with van der Waals surface area (Å²) >= 11 is 0. The van der Waals surface area contributed by atoms with Gasteiger partial charge < -0.3 is 4.90 Å². The van der Waals surface area contributed by atoms with E-state index in [0.29, 0.717) is 37.5 Å². The number of rotatable bonds is 3. The van der Waals surface area contributed by atoms with E-state index in [1.54, 1.807) is 16.4 Å². The molecule has 1 saturated heterocycles. The quantitative estimate of drug-likeness (QED) is 0.829. The summed E-state index contributed by atoms with van der Waals surface area (Å²) in [6.07, 6.45) is 3.15. The highest BCUT2D eigenvalue weighted by Gasteiger charge is 2.29. The lowest BCUT2D eigenvalue weighted by atomic mass is 9.91. The molecule has 2 aliphatic rings. The number of nitrogens with zero attached hydrogens (tertiary/aromatic N) is 2. The Morgan fingerprint density at radius 1 is 1.08 bits per heavy atom. The maximum absolute atomic E-state index is 12.8. The normalized spacial score (nSPS) is 19.1. The molecule has 0 unspecified atom stereocenters. The third-order valence-corrected chi connectivity index (χ3v) is 6.82. The SMILES string of the molecule is CC(C)(C)CC(=O)N1CCc2ccc(S(=O)(=O)N3CCCC3)cc2C1. The maximum atomic E-state index is 12.8. The molecule has 1 aromatic carbocycles. The first-order chi connectivity index (χ1) is 11.7. The van der Waals surface area contributed by atoms with Crippen LogP contribution in [0.25, 0.3) is 0 Å². The molecular formula is C19H28N2O3S. The number of hydrogen-bond acceptors (Lipinski definition) is 3. The number of amides is 1. The Morgan fingerprint density at radius 2 is 1.76 bits per heavy atom. The summed E-state index contributed by atoms with van der Waals surface area (Å²) in [5.41, 5.74) is 2.08. The van der Waals surface area contributed by atoms with Crippen molar-refractivity contribution in [2.45, 2.75) is 57.9 Å². The van der Waals surface area contributed by atoms with Crippen LogP contribution >= 0.6 is 0 Å². The van der Waals surface area contributed by atoms with Crippen molar-refractivity contribution in [3.05, 3.63) is 29.3 Å². The largest absolute Gasteiger partial charge is 0.338 e. The molecule has 0 spiro atoms. The van der Waals surface area contributed by atoms with E-state index in [2.05, 4.69) is 20.8 Å². The van der Waals surface area contributed by atoms with Gasteiger partial charge in [-0.15, -0.1) is 0 Å². The minimum Gasteiger partial charge on any atom is -0.338 e. The predicted octanol–water partition coefficient (Wildman–Crippen LogP) is 2.79. The Hall–Kier alpha value is -1.40. The van der Waals surface area contributed by atoms with Crippen molar-refractivity contribution in [1.82, 2.24) is 9.21 Å². The van der Waals surface area contributed by atoms with Crippen molar-refractivity contribution < 1.29 is 13.2 Å². The van der Waals surface area contributed by atoms with Crippen LogP contribution in [0.3, 0.4) is 0 Å². The van der Waals surface area contributed by atoms with Crippen LogP contribution in [0.2, 0.25) is 0 Å². The molecule has 138 valence electrons. The monoisotopic (exact) mass is 364 g/mol. The second-order valence-electron chi connectivity index (χ2n) is 8.34. The van der Waals surface area contributed by atoms with Gasteiger partial charge in [0, 0.05) is 32.6 Å². The van der Waals surface area contributed by atoms with Gasteiger partial charge in [0.15, 0.2) is 0 Å². The van der Waals surface area contributed by atoms with Gasteiger partial charge >= 0.3 is 0 Å². The van der Waals surface area contributed by atoms with Gasteiger partial charge in [-0.2, -0.15) is 4.31 Å². The zero-order valence-electron chi connectivity index (χ0n) is 15.4. The summed E-state index contributed by atoms with van der Waals surface area (Å²) in [5.74, 6) is 0.144. The molecule has 1 aromatic rings. The summed E-state index contributed by atoms with van der Waals surface area (Å²) < 4.78 is 27.1. The molecule has 2 aliphatic heterocycles. The molecule has 3 rings (SSSR count). The van der Waals surface area contributed by atoms with Crippen molar-refractivity contribution >= 4 is 15.9 Å². The molecule has 25 heavy (non-hydrogen) atoms. The average molecular weight is 365 g/mol. The highest BCUT2D eigenvalue weighted by atomic mass is 32.2. The van der Waals surface area contributed by atoms with Crippen molar-refractivity contribution in [2.75, 3.05) is 19.6 Å². The molecule has 1 fully saturated rings. The lowest BCUT2D eigenvalue weighted by molar-refractivity contribution is -0.134. The Bertz CT molecular complexity index is 759. The van der Waals surface area contributed by atoms with Crippen molar-refractivity contribution in [2.24, 2.45) is 5.41 Å². The van der Waals surface area contributed by atoms with Crippen LogP contribution in [0, 0.1) is 5.41 Å². The fourth-order valence-corrected chi connectivity index (χ4v) is 5.12. The Kier molecular flexibility index (Phi) is 4.95. The number of hydrogen-bond donors (Lipinski definition) is 0. The van der Waals surface area contributed by atoms with Gasteiger partial charge in [-0.05, 0) is 47.9 Å². The number of sulfonamides is 1. The van der Waals surface area contributed by atoms with E-state index in [0.717, 1.165) is 30.4 Å². The summed E-state index contributed by atoms with van der Waals surface area (Å²) in [7, 11) is -3.41. The van der Waals surface area contributed by atoms with Crippen LogP contribution in [-0.2, 0) is 27.8 Å². The smallest absolute Gasteiger partial charge is 0.243 e. The number of fused-ring (bicyclic) bond motifs is 1. The van der Waals surface area contributed by atoms with Gasteiger partial charge in [0.1, 0.15) is 0 Å². The predicted molar refractivity (Wildman–Crippen MR) is 97.6 cm³/mol. The molecule has 0 N–H and O–H groups in total. The first-order valence-corrected chi connectivity index (χ1v) is 10.5. The Balaban J connectivity index is 1.81. The molecule has 0 aromatic heterocycles. The molecule has 0 aliphatic carbocycles. The molecule has 0 saturated carbocycles. The molecule has 0 radical (unpaired) electrons. The fraction of sp³-hybridized carbons (Fsp3) is 0.632. The third kappa shape index (κ3) is 4.06. The molecule has 0 bridgehead atoms. The van der Waals surface area contributed by atoms with E-state index in [1.807, 2.05) is 11.0 Å². The molecule has 6 heteroatoms. The zero-order chi connectivity index (χ0) is 18.2. The Morgan fingerprint density at radius 3 is 2.40 bits per heavy atom. The summed E-state index contributed by atoms with van der Waals surface area (Å²) in [6, 6.07) is 5.42. The Labute approximate surface area is 151 Å². The molecule has 0 atom stereocenters. The third-order valence-electron chi connectivity index (χ3n) is 4.93. The topological polar surface area (TPSA) is 57.7 Å². The maximum Gasteiger partial charge on any atom is 0.243 e. The molecular weight excluding hydrogens is 336 g/mol. The lowest BCUT2D eigenvalue weighted by Crippen LogP contribution is -2.38. The van der Waals surface area contributed by atoms with E-state index < -0.39 is 10.0 Å². The van der Waals surface area contributed by atoms with E-state index in [-0.39, 0.29) is 11.3 Å². The lowest BCUT2D eigenvalue weighted by Gasteiger charge is -2.31. The van der Waals surface area contributed by atoms with E-state index in [4.69, 9.17) is 0 Å². The first kappa shape index (κ1) is 18.4. The van der Waals surface area contributed by atoms with Crippen molar-refractivity contribution in [3.8, 4) is 0 Å². The van der Waals surface area contributed by atoms with Gasteiger partial charge in [0.05, 0.1) is 4.90 Å². The number of carbonyl (C=O) groups is 1. The van der Waals surface area contributed by atoms with E-state index >= 15 is 0 Å². The van der Waals surface area contributed by atoms with Crippen LogP contribution in [0.5, 0.6) is 0 Å². The molecule has 2 heterocycles. The summed E-state index contributed by atoms with van der Waals surface area (Å²) in [5, 5.41) is 0. The van der Waals surface area contributed by atoms with Crippen LogP contribution in [0.15, 0.2) is 23.1 Å². The average Bonchev–Trinajstić information content (AvgIpc) is 3.07. The highest BCUT2D eigenvalue weighted by Crippen LogP contribution is 2.28. The minimum atomic E-state index is -3.41.